The number of methoxy groups -OCH3 is 1. The van der Waals surface area contributed by atoms with E-state index in [1.54, 1.807) is 7.11 Å². The van der Waals surface area contributed by atoms with Crippen LogP contribution >= 0.6 is 0 Å². The van der Waals surface area contributed by atoms with Crippen molar-refractivity contribution in [1.29, 1.82) is 0 Å². The lowest BCUT2D eigenvalue weighted by atomic mass is 9.81. The van der Waals surface area contributed by atoms with Gasteiger partial charge in [0.2, 0.25) is 0 Å². The zero-order chi connectivity index (χ0) is 43.8. The Bertz CT molecular complexity index is 1350. The molecule has 1 aliphatic carbocycles. The zero-order valence-electron chi connectivity index (χ0n) is 36.1. The summed E-state index contributed by atoms with van der Waals surface area (Å²) in [6.45, 7) is 10.1. The summed E-state index contributed by atoms with van der Waals surface area (Å²) in [6, 6.07) is 8.20. The highest BCUT2D eigenvalue weighted by atomic mass is 17.1. The number of nitrogens with zero attached hydrogens (tertiary/aromatic N) is 4. The molecule has 3 fully saturated rings. The average Bonchev–Trinajstić information content (AvgIpc) is 3.24. The molecule has 2 heterocycles. The molecular weight excluding hydrogens is 804 g/mol. The molecule has 20 nitrogen and oxygen atoms in total. The van der Waals surface area contributed by atoms with Gasteiger partial charge in [0.15, 0.2) is 0 Å². The van der Waals surface area contributed by atoms with Gasteiger partial charge >= 0.3 is 12.2 Å². The largest absolute Gasteiger partial charge is 0.508 e. The Morgan fingerprint density at radius 3 is 2.21 bits per heavy atom. The molecule has 4 rings (SSSR count). The van der Waals surface area contributed by atoms with Gasteiger partial charge in [0.1, 0.15) is 6.10 Å². The van der Waals surface area contributed by atoms with Gasteiger partial charge in [-0.1, -0.05) is 31.2 Å². The number of hydrogen-bond acceptors (Lipinski definition) is 19. The lowest BCUT2D eigenvalue weighted by Crippen LogP contribution is -2.56. The standard InChI is InChI=1S/C41H70N4O16/c1-4-53-27-31(2)28-54-29-32-10-13-34(14-11-32)39-37(58-30-33-12-15-36-35(24-33)42(17-23-55-36)16-9-18-52-3)25-43(40(46)56-19-5-7-21-59-44(48)49)26-38(39)61-41(47)57-20-6-8-22-60-45(50)51/h10-11,13-14,31,33,35-39,48-51H,4-9,12,15-30H2,1-3H3. The van der Waals surface area contributed by atoms with Crippen molar-refractivity contribution in [1.82, 2.24) is 20.6 Å². The van der Waals surface area contributed by atoms with Gasteiger partial charge < -0.3 is 42.8 Å². The number of carbonyl (C=O) groups is 2. The fourth-order valence-electron chi connectivity index (χ4n) is 8.04. The molecule has 1 saturated carbocycles. The Kier molecular flexibility index (Phi) is 24.0. The van der Waals surface area contributed by atoms with E-state index in [2.05, 4.69) is 21.5 Å². The average molecular weight is 875 g/mol. The first-order chi connectivity index (χ1) is 29.6. The predicted molar refractivity (Wildman–Crippen MR) is 214 cm³/mol. The molecule has 2 aliphatic heterocycles. The molecule has 3 aliphatic rings. The van der Waals surface area contributed by atoms with Gasteiger partial charge in [-0.15, -0.1) is 0 Å². The first kappa shape index (κ1) is 50.8. The molecule has 20 heteroatoms. The van der Waals surface area contributed by atoms with E-state index in [-0.39, 0.29) is 74.3 Å². The van der Waals surface area contributed by atoms with E-state index in [4.69, 9.17) is 58.7 Å². The Hall–Kier alpha value is -2.80. The van der Waals surface area contributed by atoms with Gasteiger partial charge in [-0.25, -0.2) is 9.59 Å². The van der Waals surface area contributed by atoms with Gasteiger partial charge in [-0.2, -0.15) is 0 Å². The van der Waals surface area contributed by atoms with Crippen molar-refractivity contribution >= 4 is 12.2 Å². The van der Waals surface area contributed by atoms with Crippen molar-refractivity contribution in [3.05, 3.63) is 35.4 Å². The number of carbonyl (C=O) groups excluding carboxylic acids is 2. The highest BCUT2D eigenvalue weighted by molar-refractivity contribution is 5.68. The molecular formula is C41H70N4O16. The van der Waals surface area contributed by atoms with Gasteiger partial charge in [-0.05, 0) is 75.3 Å². The number of ether oxygens (including phenoxy) is 8. The highest BCUT2D eigenvalue weighted by Crippen LogP contribution is 2.37. The maximum Gasteiger partial charge on any atom is 0.508 e. The lowest BCUT2D eigenvalue weighted by Gasteiger charge is -2.47. The van der Waals surface area contributed by atoms with Crippen LogP contribution in [-0.4, -0.2) is 177 Å². The summed E-state index contributed by atoms with van der Waals surface area (Å²) in [5, 5.41) is 34.3. The molecule has 350 valence electrons. The minimum Gasteiger partial charge on any atom is -0.449 e. The second kappa shape index (κ2) is 28.8. The molecule has 1 aromatic carbocycles. The molecule has 0 spiro atoms. The van der Waals surface area contributed by atoms with Crippen LogP contribution in [0.3, 0.4) is 0 Å². The SMILES string of the molecule is CCOCC(C)COCc1ccc(C2C(OCC3CCC4OCCN(CCCOC)C4C3)CN(C(=O)OCCCCON(O)O)CC2OC(=O)OCCCCON(O)O)cc1. The van der Waals surface area contributed by atoms with Gasteiger partial charge in [0.25, 0.3) is 0 Å². The van der Waals surface area contributed by atoms with E-state index in [9.17, 15) is 9.59 Å². The van der Waals surface area contributed by atoms with Crippen molar-refractivity contribution in [2.75, 3.05) is 99.4 Å². The van der Waals surface area contributed by atoms with E-state index >= 15 is 0 Å². The summed E-state index contributed by atoms with van der Waals surface area (Å²) < 4.78 is 46.9. The third kappa shape index (κ3) is 18.8. The van der Waals surface area contributed by atoms with E-state index in [1.807, 2.05) is 31.2 Å². The first-order valence-corrected chi connectivity index (χ1v) is 21.6. The maximum atomic E-state index is 13.6. The number of fused-ring (bicyclic) bond motifs is 1. The Labute approximate surface area is 359 Å². The van der Waals surface area contributed by atoms with E-state index in [1.165, 1.54) is 4.90 Å². The lowest BCUT2D eigenvalue weighted by molar-refractivity contribution is -0.492. The molecule has 7 atom stereocenters. The molecule has 1 aromatic rings. The molecule has 0 aromatic heterocycles. The molecule has 1 amide bonds. The van der Waals surface area contributed by atoms with E-state index in [0.717, 1.165) is 49.9 Å². The second-order valence-corrected chi connectivity index (χ2v) is 15.8. The first-order valence-electron chi connectivity index (χ1n) is 21.6. The van der Waals surface area contributed by atoms with Crippen LogP contribution in [0.5, 0.6) is 0 Å². The zero-order valence-corrected chi connectivity index (χ0v) is 36.1. The topological polar surface area (TPSA) is 220 Å². The quantitative estimate of drug-likeness (QED) is 0.0504. The third-order valence-electron chi connectivity index (χ3n) is 11.1. The van der Waals surface area contributed by atoms with Crippen molar-refractivity contribution in [3.8, 4) is 0 Å². The van der Waals surface area contributed by atoms with Gasteiger partial charge in [-0.3, -0.25) is 35.4 Å². The Morgan fingerprint density at radius 1 is 0.852 bits per heavy atom. The smallest absolute Gasteiger partial charge is 0.449 e. The van der Waals surface area contributed by atoms with Gasteiger partial charge in [0.05, 0.1) is 94.9 Å². The van der Waals surface area contributed by atoms with Crippen molar-refractivity contribution in [2.45, 2.75) is 102 Å². The summed E-state index contributed by atoms with van der Waals surface area (Å²) in [6.07, 6.45) is 2.39. The third-order valence-corrected chi connectivity index (χ3v) is 11.1. The molecule has 0 radical (unpaired) electrons. The van der Waals surface area contributed by atoms with E-state index in [0.29, 0.717) is 71.9 Å². The minimum absolute atomic E-state index is 0.00482. The fourth-order valence-corrected chi connectivity index (χ4v) is 8.04. The number of likely N-dealkylation sites (tertiary alicyclic amines) is 1. The van der Waals surface area contributed by atoms with Crippen LogP contribution in [0.25, 0.3) is 0 Å². The maximum absolute atomic E-state index is 13.6. The van der Waals surface area contributed by atoms with Crippen molar-refractivity contribution < 1.29 is 78.0 Å². The van der Waals surface area contributed by atoms with Crippen LogP contribution < -0.4 is 0 Å². The molecule has 61 heavy (non-hydrogen) atoms. The monoisotopic (exact) mass is 874 g/mol. The van der Waals surface area contributed by atoms with Crippen molar-refractivity contribution in [2.24, 2.45) is 11.8 Å². The minimum atomic E-state index is -0.923. The number of amides is 1. The summed E-state index contributed by atoms with van der Waals surface area (Å²) >= 11 is 0. The van der Waals surface area contributed by atoms with Crippen LogP contribution in [0.15, 0.2) is 24.3 Å². The summed E-state index contributed by atoms with van der Waals surface area (Å²) in [7, 11) is 1.72. The van der Waals surface area contributed by atoms with Crippen molar-refractivity contribution in [3.63, 3.8) is 0 Å². The molecule has 2 saturated heterocycles. The summed E-state index contributed by atoms with van der Waals surface area (Å²) in [5.74, 6) is -0.00451. The molecule has 0 bridgehead atoms. The number of unbranched alkanes of at least 4 members (excludes halogenated alkanes) is 2. The molecule has 7 unspecified atom stereocenters. The van der Waals surface area contributed by atoms with Crippen LogP contribution in [0.1, 0.15) is 82.3 Å². The number of morpholine rings is 1. The van der Waals surface area contributed by atoms with E-state index < -0.39 is 30.4 Å². The normalized spacial score (nSPS) is 23.9. The van der Waals surface area contributed by atoms with Gasteiger partial charge in [0, 0.05) is 52.0 Å². The van der Waals surface area contributed by atoms with Crippen LogP contribution in [0, 0.1) is 11.8 Å². The fraction of sp³-hybridized carbons (Fsp3) is 0.805. The number of piperidine rings is 1. The molecule has 4 N–H and O–H groups in total. The second-order valence-electron chi connectivity index (χ2n) is 15.8. The summed E-state index contributed by atoms with van der Waals surface area (Å²) in [4.78, 5) is 40.0. The highest BCUT2D eigenvalue weighted by Gasteiger charge is 2.44. The summed E-state index contributed by atoms with van der Waals surface area (Å²) in [5.41, 5.74) is 1.82. The van der Waals surface area contributed by atoms with Crippen LogP contribution in [0.4, 0.5) is 9.59 Å². The number of benzene rings is 1. The number of hydrogen-bond donors (Lipinski definition) is 4. The Morgan fingerprint density at radius 2 is 1.52 bits per heavy atom. The predicted octanol–water partition coefficient (Wildman–Crippen LogP) is 4.81. The van der Waals surface area contributed by atoms with Crippen LogP contribution in [0.2, 0.25) is 0 Å². The Balaban J connectivity index is 1.51. The number of rotatable bonds is 28. The van der Waals surface area contributed by atoms with Crippen LogP contribution in [-0.2, 0) is 54.2 Å².